The zero-order chi connectivity index (χ0) is 9.35. The largest absolute Gasteiger partial charge is 0.398 e. The SMILES string of the molecule is CC(C)(O)c1ccc(N)c(S)c1. The molecular weight excluding hydrogens is 170 g/mol. The highest BCUT2D eigenvalue weighted by Gasteiger charge is 2.15. The third-order valence-electron chi connectivity index (χ3n) is 1.74. The highest BCUT2D eigenvalue weighted by molar-refractivity contribution is 7.80. The third-order valence-corrected chi connectivity index (χ3v) is 2.12. The third kappa shape index (κ3) is 1.93. The maximum absolute atomic E-state index is 9.63. The Labute approximate surface area is 77.8 Å². The second-order valence-electron chi connectivity index (χ2n) is 3.33. The lowest BCUT2D eigenvalue weighted by atomic mass is 9.98. The molecule has 0 atom stereocenters. The summed E-state index contributed by atoms with van der Waals surface area (Å²) >= 11 is 4.16. The molecule has 0 radical (unpaired) electrons. The smallest absolute Gasteiger partial charge is 0.0840 e. The van der Waals surface area contributed by atoms with Gasteiger partial charge in [-0.15, -0.1) is 12.6 Å². The normalized spacial score (nSPS) is 11.7. The van der Waals surface area contributed by atoms with E-state index in [1.807, 2.05) is 0 Å². The second-order valence-corrected chi connectivity index (χ2v) is 3.81. The molecule has 66 valence electrons. The second kappa shape index (κ2) is 2.99. The summed E-state index contributed by atoms with van der Waals surface area (Å²) in [5.74, 6) is 0. The lowest BCUT2D eigenvalue weighted by Crippen LogP contribution is -2.15. The number of hydrogen-bond donors (Lipinski definition) is 3. The lowest BCUT2D eigenvalue weighted by Gasteiger charge is -2.18. The molecule has 0 bridgehead atoms. The van der Waals surface area contributed by atoms with E-state index in [2.05, 4.69) is 12.6 Å². The van der Waals surface area contributed by atoms with Gasteiger partial charge in [-0.05, 0) is 31.5 Å². The van der Waals surface area contributed by atoms with Crippen molar-refractivity contribution in [1.29, 1.82) is 0 Å². The first-order valence-electron chi connectivity index (χ1n) is 3.72. The average Bonchev–Trinajstić information content (AvgIpc) is 1.92. The predicted octanol–water partition coefficient (Wildman–Crippen LogP) is 1.78. The van der Waals surface area contributed by atoms with Gasteiger partial charge in [0, 0.05) is 10.6 Å². The molecule has 0 heterocycles. The van der Waals surface area contributed by atoms with E-state index in [0.29, 0.717) is 10.6 Å². The van der Waals surface area contributed by atoms with Crippen LogP contribution < -0.4 is 5.73 Å². The molecule has 0 aliphatic heterocycles. The molecule has 1 rings (SSSR count). The van der Waals surface area contributed by atoms with Gasteiger partial charge in [0.15, 0.2) is 0 Å². The monoisotopic (exact) mass is 183 g/mol. The Morgan fingerprint density at radius 1 is 1.42 bits per heavy atom. The van der Waals surface area contributed by atoms with Gasteiger partial charge in [0.05, 0.1) is 5.60 Å². The van der Waals surface area contributed by atoms with Gasteiger partial charge in [-0.1, -0.05) is 6.07 Å². The molecule has 0 spiro atoms. The fraction of sp³-hybridized carbons (Fsp3) is 0.333. The molecule has 0 unspecified atom stereocenters. The van der Waals surface area contributed by atoms with E-state index < -0.39 is 5.60 Å². The Morgan fingerprint density at radius 2 is 2.00 bits per heavy atom. The molecule has 0 aliphatic rings. The molecule has 2 nitrogen and oxygen atoms in total. The van der Waals surface area contributed by atoms with Crippen molar-refractivity contribution < 1.29 is 5.11 Å². The van der Waals surface area contributed by atoms with Crippen LogP contribution in [0.5, 0.6) is 0 Å². The lowest BCUT2D eigenvalue weighted by molar-refractivity contribution is 0.0784. The molecule has 0 amide bonds. The summed E-state index contributed by atoms with van der Waals surface area (Å²) in [5.41, 5.74) is 6.20. The van der Waals surface area contributed by atoms with Crippen LogP contribution in [-0.4, -0.2) is 5.11 Å². The maximum Gasteiger partial charge on any atom is 0.0840 e. The molecule has 1 aromatic rings. The van der Waals surface area contributed by atoms with E-state index in [1.165, 1.54) is 0 Å². The predicted molar refractivity (Wildman–Crippen MR) is 53.4 cm³/mol. The molecular formula is C9H13NOS. The van der Waals surface area contributed by atoms with Gasteiger partial charge >= 0.3 is 0 Å². The van der Waals surface area contributed by atoms with Crippen molar-refractivity contribution in [3.05, 3.63) is 23.8 Å². The van der Waals surface area contributed by atoms with Crippen LogP contribution >= 0.6 is 12.6 Å². The molecule has 12 heavy (non-hydrogen) atoms. The van der Waals surface area contributed by atoms with E-state index in [9.17, 15) is 5.11 Å². The summed E-state index contributed by atoms with van der Waals surface area (Å²) in [6.45, 7) is 3.46. The van der Waals surface area contributed by atoms with Crippen molar-refractivity contribution >= 4 is 18.3 Å². The van der Waals surface area contributed by atoms with Crippen LogP contribution in [0, 0.1) is 0 Å². The van der Waals surface area contributed by atoms with E-state index >= 15 is 0 Å². The Kier molecular flexibility index (Phi) is 2.35. The number of thiol groups is 1. The van der Waals surface area contributed by atoms with E-state index in [-0.39, 0.29) is 0 Å². The van der Waals surface area contributed by atoms with Gasteiger partial charge in [0.1, 0.15) is 0 Å². The summed E-state index contributed by atoms with van der Waals surface area (Å²) in [7, 11) is 0. The Balaban J connectivity index is 3.14. The van der Waals surface area contributed by atoms with Gasteiger partial charge in [-0.25, -0.2) is 0 Å². The summed E-state index contributed by atoms with van der Waals surface area (Å²) in [6, 6.07) is 5.32. The summed E-state index contributed by atoms with van der Waals surface area (Å²) in [5, 5.41) is 9.63. The van der Waals surface area contributed by atoms with Gasteiger partial charge in [-0.3, -0.25) is 0 Å². The number of hydrogen-bond acceptors (Lipinski definition) is 3. The molecule has 0 aromatic heterocycles. The fourth-order valence-corrected chi connectivity index (χ4v) is 1.14. The summed E-state index contributed by atoms with van der Waals surface area (Å²) < 4.78 is 0. The molecule has 1 aromatic carbocycles. The summed E-state index contributed by atoms with van der Waals surface area (Å²) in [6.07, 6.45) is 0. The Hall–Kier alpha value is -0.670. The van der Waals surface area contributed by atoms with Crippen LogP contribution in [0.15, 0.2) is 23.1 Å². The van der Waals surface area contributed by atoms with Crippen LogP contribution in [0.4, 0.5) is 5.69 Å². The van der Waals surface area contributed by atoms with Crippen LogP contribution in [0.3, 0.4) is 0 Å². The minimum absolute atomic E-state index is 0.631. The fourth-order valence-electron chi connectivity index (χ4n) is 0.924. The number of nitrogen functional groups attached to an aromatic ring is 1. The topological polar surface area (TPSA) is 46.2 Å². The van der Waals surface area contributed by atoms with Gasteiger partial charge < -0.3 is 10.8 Å². The maximum atomic E-state index is 9.63. The van der Waals surface area contributed by atoms with Gasteiger partial charge in [0.2, 0.25) is 0 Å². The number of aliphatic hydroxyl groups is 1. The molecule has 3 N–H and O–H groups in total. The Morgan fingerprint density at radius 3 is 2.42 bits per heavy atom. The molecule has 3 heteroatoms. The standard InChI is InChI=1S/C9H13NOS/c1-9(2,11)6-3-4-7(10)8(12)5-6/h3-5,11-12H,10H2,1-2H3. The van der Waals surface area contributed by atoms with Crippen molar-refractivity contribution in [3.8, 4) is 0 Å². The van der Waals surface area contributed by atoms with Crippen LogP contribution in [0.25, 0.3) is 0 Å². The van der Waals surface area contributed by atoms with E-state index in [4.69, 9.17) is 5.73 Å². The highest BCUT2D eigenvalue weighted by Crippen LogP contribution is 2.25. The van der Waals surface area contributed by atoms with Crippen molar-refractivity contribution in [2.24, 2.45) is 0 Å². The van der Waals surface area contributed by atoms with Gasteiger partial charge in [-0.2, -0.15) is 0 Å². The molecule has 0 aliphatic carbocycles. The van der Waals surface area contributed by atoms with Crippen molar-refractivity contribution in [3.63, 3.8) is 0 Å². The first-order valence-corrected chi connectivity index (χ1v) is 4.17. The number of anilines is 1. The minimum Gasteiger partial charge on any atom is -0.398 e. The molecule has 0 saturated heterocycles. The first kappa shape index (κ1) is 9.42. The highest BCUT2D eigenvalue weighted by atomic mass is 32.1. The van der Waals surface area contributed by atoms with Crippen LogP contribution in [-0.2, 0) is 5.60 Å². The van der Waals surface area contributed by atoms with Crippen LogP contribution in [0.1, 0.15) is 19.4 Å². The first-order chi connectivity index (χ1) is 5.41. The Bertz CT molecular complexity index is 291. The van der Waals surface area contributed by atoms with Crippen molar-refractivity contribution in [2.45, 2.75) is 24.3 Å². The average molecular weight is 183 g/mol. The van der Waals surface area contributed by atoms with Crippen molar-refractivity contribution in [1.82, 2.24) is 0 Å². The number of nitrogens with two attached hydrogens (primary N) is 1. The quantitative estimate of drug-likeness (QED) is 0.459. The summed E-state index contributed by atoms with van der Waals surface area (Å²) in [4.78, 5) is 0.703. The van der Waals surface area contributed by atoms with Crippen molar-refractivity contribution in [2.75, 3.05) is 5.73 Å². The molecule has 0 fully saturated rings. The van der Waals surface area contributed by atoms with Crippen LogP contribution in [0.2, 0.25) is 0 Å². The van der Waals surface area contributed by atoms with E-state index in [1.54, 1.807) is 32.0 Å². The number of benzene rings is 1. The zero-order valence-corrected chi connectivity index (χ0v) is 8.10. The van der Waals surface area contributed by atoms with Gasteiger partial charge in [0.25, 0.3) is 0 Å². The van der Waals surface area contributed by atoms with E-state index in [0.717, 1.165) is 5.56 Å². The zero-order valence-electron chi connectivity index (χ0n) is 7.20. The number of rotatable bonds is 1. The minimum atomic E-state index is -0.828. The molecule has 0 saturated carbocycles.